The topological polar surface area (TPSA) is 26.3 Å². The molecule has 0 heterocycles. The van der Waals surface area contributed by atoms with Crippen LogP contribution in [0.1, 0.15) is 27.2 Å². The molecule has 0 amide bonds. The molecule has 15 heavy (non-hydrogen) atoms. The van der Waals surface area contributed by atoms with E-state index in [9.17, 15) is 4.79 Å². The Balaban J connectivity index is 2.74. The average molecular weight is 251 g/mol. The Morgan fingerprint density at radius 1 is 1.47 bits per heavy atom. The number of halogens is 2. The third-order valence-corrected chi connectivity index (χ3v) is 3.58. The van der Waals surface area contributed by atoms with Crippen LogP contribution in [0.4, 0.5) is 0 Å². The van der Waals surface area contributed by atoms with Crippen molar-refractivity contribution in [3.8, 4) is 0 Å². The molecule has 0 aromatic rings. The molecule has 0 aromatic carbocycles. The second-order valence-corrected chi connectivity index (χ2v) is 5.08. The summed E-state index contributed by atoms with van der Waals surface area (Å²) in [5.74, 6) is -0.112. The van der Waals surface area contributed by atoms with Gasteiger partial charge in [-0.3, -0.25) is 4.79 Å². The highest BCUT2D eigenvalue weighted by molar-refractivity contribution is 6.55. The molecule has 2 nitrogen and oxygen atoms in total. The Kier molecular flexibility index (Phi) is 4.07. The highest BCUT2D eigenvalue weighted by atomic mass is 35.5. The van der Waals surface area contributed by atoms with E-state index >= 15 is 0 Å². The van der Waals surface area contributed by atoms with Crippen molar-refractivity contribution in [2.75, 3.05) is 6.61 Å². The van der Waals surface area contributed by atoms with Gasteiger partial charge < -0.3 is 4.74 Å². The smallest absolute Gasteiger partial charge is 0.310 e. The number of hydrogen-bond donors (Lipinski definition) is 0. The number of carbonyl (C=O) groups is 1. The minimum atomic E-state index is -0.141. The summed E-state index contributed by atoms with van der Waals surface area (Å²) in [5, 5.41) is 0. The van der Waals surface area contributed by atoms with Crippen molar-refractivity contribution in [1.82, 2.24) is 0 Å². The van der Waals surface area contributed by atoms with Crippen molar-refractivity contribution < 1.29 is 9.53 Å². The molecule has 3 unspecified atom stereocenters. The van der Waals surface area contributed by atoms with Crippen LogP contribution in [0.25, 0.3) is 0 Å². The van der Waals surface area contributed by atoms with E-state index in [0.29, 0.717) is 6.61 Å². The van der Waals surface area contributed by atoms with Gasteiger partial charge in [-0.1, -0.05) is 37.0 Å². The molecule has 4 heteroatoms. The van der Waals surface area contributed by atoms with Gasteiger partial charge in [0.25, 0.3) is 0 Å². The SMILES string of the molecule is CCOC(=O)C1C(C=C(Cl)Cl)C1(C)CC. The zero-order valence-corrected chi connectivity index (χ0v) is 10.7. The lowest BCUT2D eigenvalue weighted by Gasteiger charge is -2.06. The molecule has 1 aliphatic rings. The fraction of sp³-hybridized carbons (Fsp3) is 0.727. The minimum Gasteiger partial charge on any atom is -0.466 e. The molecule has 1 fully saturated rings. The van der Waals surface area contributed by atoms with Crippen molar-refractivity contribution in [1.29, 1.82) is 0 Å². The van der Waals surface area contributed by atoms with Crippen LogP contribution in [0, 0.1) is 17.3 Å². The molecule has 0 radical (unpaired) electrons. The van der Waals surface area contributed by atoms with Gasteiger partial charge in [0.15, 0.2) is 0 Å². The summed E-state index contributed by atoms with van der Waals surface area (Å²) < 4.78 is 5.25. The molecule has 0 saturated heterocycles. The van der Waals surface area contributed by atoms with Crippen LogP contribution in [0.3, 0.4) is 0 Å². The quantitative estimate of drug-likeness (QED) is 0.714. The molecule has 0 aliphatic heterocycles. The van der Waals surface area contributed by atoms with Crippen molar-refractivity contribution in [2.45, 2.75) is 27.2 Å². The molecule has 86 valence electrons. The van der Waals surface area contributed by atoms with Gasteiger partial charge in [-0.05, 0) is 30.8 Å². The van der Waals surface area contributed by atoms with Gasteiger partial charge in [0, 0.05) is 0 Å². The first-order valence-electron chi connectivity index (χ1n) is 5.16. The summed E-state index contributed by atoms with van der Waals surface area (Å²) in [6.07, 6.45) is 2.66. The second-order valence-electron chi connectivity index (χ2n) is 4.07. The summed E-state index contributed by atoms with van der Waals surface area (Å²) in [4.78, 5) is 11.6. The zero-order valence-electron chi connectivity index (χ0n) is 9.22. The summed E-state index contributed by atoms with van der Waals surface area (Å²) in [6, 6.07) is 0. The number of carbonyl (C=O) groups excluding carboxylic acids is 1. The maximum absolute atomic E-state index is 11.6. The highest BCUT2D eigenvalue weighted by Crippen LogP contribution is 2.62. The van der Waals surface area contributed by atoms with E-state index in [1.807, 2.05) is 6.92 Å². The van der Waals surface area contributed by atoms with E-state index in [1.54, 1.807) is 6.08 Å². The summed E-state index contributed by atoms with van der Waals surface area (Å²) in [7, 11) is 0. The van der Waals surface area contributed by atoms with Crippen LogP contribution in [0.5, 0.6) is 0 Å². The summed E-state index contributed by atoms with van der Waals surface area (Å²) >= 11 is 11.2. The van der Waals surface area contributed by atoms with Gasteiger partial charge in [0.05, 0.1) is 12.5 Å². The van der Waals surface area contributed by atoms with Crippen LogP contribution < -0.4 is 0 Å². The van der Waals surface area contributed by atoms with E-state index < -0.39 is 0 Å². The fourth-order valence-electron chi connectivity index (χ4n) is 2.13. The van der Waals surface area contributed by atoms with Gasteiger partial charge in [0.1, 0.15) is 4.49 Å². The van der Waals surface area contributed by atoms with E-state index in [4.69, 9.17) is 27.9 Å². The lowest BCUT2D eigenvalue weighted by atomic mass is 10.0. The van der Waals surface area contributed by atoms with Crippen LogP contribution >= 0.6 is 23.2 Å². The van der Waals surface area contributed by atoms with Gasteiger partial charge in [0.2, 0.25) is 0 Å². The van der Waals surface area contributed by atoms with Crippen molar-refractivity contribution >= 4 is 29.2 Å². The number of esters is 1. The minimum absolute atomic E-state index is 0.0404. The van der Waals surface area contributed by atoms with Crippen molar-refractivity contribution in [3.05, 3.63) is 10.6 Å². The molecule has 0 aromatic heterocycles. The summed E-state index contributed by atoms with van der Waals surface area (Å²) in [6.45, 7) is 6.35. The first-order chi connectivity index (χ1) is 6.97. The number of rotatable bonds is 4. The lowest BCUT2D eigenvalue weighted by Crippen LogP contribution is -2.11. The molecule has 0 spiro atoms. The molecular weight excluding hydrogens is 235 g/mol. The third kappa shape index (κ3) is 2.48. The standard InChI is InChI=1S/C11H16Cl2O2/c1-4-11(3)7(6-8(12)13)9(11)10(14)15-5-2/h6-7,9H,4-5H2,1-3H3. The molecule has 1 rings (SSSR count). The van der Waals surface area contributed by atoms with Gasteiger partial charge in [-0.2, -0.15) is 0 Å². The maximum atomic E-state index is 11.6. The van der Waals surface area contributed by atoms with Crippen LogP contribution in [-0.2, 0) is 9.53 Å². The monoisotopic (exact) mass is 250 g/mol. The average Bonchev–Trinajstić information content (AvgIpc) is 2.72. The number of hydrogen-bond acceptors (Lipinski definition) is 2. The predicted octanol–water partition coefficient (Wildman–Crippen LogP) is 3.53. The third-order valence-electron chi connectivity index (χ3n) is 3.33. The Bertz CT molecular complexity index is 284. The van der Waals surface area contributed by atoms with E-state index in [0.717, 1.165) is 6.42 Å². The molecule has 0 bridgehead atoms. The van der Waals surface area contributed by atoms with Crippen LogP contribution in [0.2, 0.25) is 0 Å². The molecule has 1 aliphatic carbocycles. The molecule has 3 atom stereocenters. The fourth-order valence-corrected chi connectivity index (χ4v) is 2.40. The number of allylic oxidation sites excluding steroid dienone is 1. The second kappa shape index (κ2) is 4.75. The first-order valence-corrected chi connectivity index (χ1v) is 5.92. The Hall–Kier alpha value is -0.210. The summed E-state index contributed by atoms with van der Waals surface area (Å²) in [5.41, 5.74) is -0.0404. The number of ether oxygens (including phenoxy) is 1. The predicted molar refractivity (Wildman–Crippen MR) is 61.8 cm³/mol. The van der Waals surface area contributed by atoms with E-state index in [-0.39, 0.29) is 27.7 Å². The lowest BCUT2D eigenvalue weighted by molar-refractivity contribution is -0.145. The zero-order chi connectivity index (χ0) is 11.6. The van der Waals surface area contributed by atoms with E-state index in [1.165, 1.54) is 0 Å². The van der Waals surface area contributed by atoms with Crippen molar-refractivity contribution in [2.24, 2.45) is 17.3 Å². The molecule has 1 saturated carbocycles. The highest BCUT2D eigenvalue weighted by Gasteiger charge is 2.63. The normalized spacial score (nSPS) is 33.4. The van der Waals surface area contributed by atoms with Gasteiger partial charge in [-0.25, -0.2) is 0 Å². The van der Waals surface area contributed by atoms with Crippen LogP contribution in [-0.4, -0.2) is 12.6 Å². The molecular formula is C11H16Cl2O2. The van der Waals surface area contributed by atoms with E-state index in [2.05, 4.69) is 13.8 Å². The Morgan fingerprint density at radius 2 is 2.07 bits per heavy atom. The molecule has 0 N–H and O–H groups in total. The van der Waals surface area contributed by atoms with Crippen molar-refractivity contribution in [3.63, 3.8) is 0 Å². The first kappa shape index (κ1) is 12.9. The largest absolute Gasteiger partial charge is 0.466 e. The van der Waals surface area contributed by atoms with Gasteiger partial charge in [-0.15, -0.1) is 0 Å². The maximum Gasteiger partial charge on any atom is 0.310 e. The Morgan fingerprint density at radius 3 is 2.47 bits per heavy atom. The van der Waals surface area contributed by atoms with Crippen LogP contribution in [0.15, 0.2) is 10.6 Å². The Labute approximate surface area is 101 Å². The van der Waals surface area contributed by atoms with Gasteiger partial charge >= 0.3 is 5.97 Å².